The molecule has 32 heavy (non-hydrogen) atoms. The van der Waals surface area contributed by atoms with Gasteiger partial charge in [-0.3, -0.25) is 14.9 Å². The molecular formula is C25H23BrN2O4. The highest BCUT2D eigenvalue weighted by atomic mass is 79.9. The lowest BCUT2D eigenvalue weighted by atomic mass is 10.0. The Bertz CT molecular complexity index is 1120. The zero-order valence-electron chi connectivity index (χ0n) is 17.7. The number of anilines is 1. The van der Waals surface area contributed by atoms with Crippen molar-refractivity contribution in [3.63, 3.8) is 0 Å². The van der Waals surface area contributed by atoms with E-state index >= 15 is 0 Å². The molecule has 1 saturated heterocycles. The first-order valence-corrected chi connectivity index (χ1v) is 10.9. The van der Waals surface area contributed by atoms with Gasteiger partial charge in [0, 0.05) is 0 Å². The third-order valence-electron chi connectivity index (χ3n) is 4.87. The zero-order valence-corrected chi connectivity index (χ0v) is 19.3. The molecule has 0 saturated carbocycles. The minimum absolute atomic E-state index is 0.139. The van der Waals surface area contributed by atoms with Crippen molar-refractivity contribution in [2.24, 2.45) is 0 Å². The first-order chi connectivity index (χ1) is 15.4. The minimum atomic E-state index is -0.775. The standard InChI is InChI=1S/C25H23BrN2O4/c1-4-7-18-13-17(15-21(26)22(18)32-12-5-2)14-20-23(29)27-25(31)28(24(20)30)19-10-8-16(6-3)9-11-19/h4-5,8-11,13-15H,1-2,6-7,12H2,3H3,(H,27,29,31)/b20-14-. The summed E-state index contributed by atoms with van der Waals surface area (Å²) in [5.41, 5.74) is 2.76. The lowest BCUT2D eigenvalue weighted by molar-refractivity contribution is -0.122. The van der Waals surface area contributed by atoms with Gasteiger partial charge in [-0.05, 0) is 75.8 Å². The molecule has 3 rings (SSSR count). The number of amides is 4. The Morgan fingerprint density at radius 3 is 2.44 bits per heavy atom. The molecule has 4 amide bonds. The van der Waals surface area contributed by atoms with Crippen LogP contribution in [0.3, 0.4) is 0 Å². The summed E-state index contributed by atoms with van der Waals surface area (Å²) >= 11 is 3.49. The molecule has 0 unspecified atom stereocenters. The number of imide groups is 2. The number of rotatable bonds is 8. The number of allylic oxidation sites excluding steroid dienone is 1. The Morgan fingerprint density at radius 1 is 1.09 bits per heavy atom. The van der Waals surface area contributed by atoms with Gasteiger partial charge in [0.25, 0.3) is 11.8 Å². The van der Waals surface area contributed by atoms with Gasteiger partial charge >= 0.3 is 6.03 Å². The molecule has 0 radical (unpaired) electrons. The summed E-state index contributed by atoms with van der Waals surface area (Å²) in [6, 6.07) is 9.85. The summed E-state index contributed by atoms with van der Waals surface area (Å²) < 4.78 is 6.40. The Hall–Kier alpha value is -3.45. The number of hydrogen-bond donors (Lipinski definition) is 1. The SMILES string of the molecule is C=CCOc1c(Br)cc(/C=C2/C(=O)NC(=O)N(c3ccc(CC)cc3)C2=O)cc1CC=C. The van der Waals surface area contributed by atoms with Crippen LogP contribution < -0.4 is 15.0 Å². The van der Waals surface area contributed by atoms with Crippen molar-refractivity contribution in [1.82, 2.24) is 5.32 Å². The first-order valence-electron chi connectivity index (χ1n) is 10.1. The van der Waals surface area contributed by atoms with Gasteiger partial charge in [0.05, 0.1) is 10.2 Å². The number of ether oxygens (including phenoxy) is 1. The molecule has 6 nitrogen and oxygen atoms in total. The lowest BCUT2D eigenvalue weighted by Gasteiger charge is -2.26. The van der Waals surface area contributed by atoms with Crippen molar-refractivity contribution in [3.8, 4) is 5.75 Å². The predicted octanol–water partition coefficient (Wildman–Crippen LogP) is 4.97. The molecule has 2 aromatic rings. The molecule has 1 aliphatic heterocycles. The average molecular weight is 495 g/mol. The van der Waals surface area contributed by atoms with E-state index in [1.807, 2.05) is 25.1 Å². The van der Waals surface area contributed by atoms with Gasteiger partial charge in [-0.1, -0.05) is 37.8 Å². The number of hydrogen-bond acceptors (Lipinski definition) is 4. The molecule has 0 bridgehead atoms. The van der Waals surface area contributed by atoms with Gasteiger partial charge in [-0.25, -0.2) is 9.69 Å². The van der Waals surface area contributed by atoms with Gasteiger partial charge in [0.2, 0.25) is 0 Å². The van der Waals surface area contributed by atoms with Crippen molar-refractivity contribution in [2.45, 2.75) is 19.8 Å². The van der Waals surface area contributed by atoms with Crippen LogP contribution in [-0.4, -0.2) is 24.5 Å². The maximum absolute atomic E-state index is 13.1. The van der Waals surface area contributed by atoms with Gasteiger partial charge in [-0.2, -0.15) is 0 Å². The third kappa shape index (κ3) is 4.89. The summed E-state index contributed by atoms with van der Waals surface area (Å²) in [7, 11) is 0. The number of benzene rings is 2. The lowest BCUT2D eigenvalue weighted by Crippen LogP contribution is -2.54. The van der Waals surface area contributed by atoms with Crippen LogP contribution in [0.15, 0.2) is 71.8 Å². The smallest absolute Gasteiger partial charge is 0.335 e. The fraction of sp³-hybridized carbons (Fsp3) is 0.160. The molecule has 0 spiro atoms. The van der Waals surface area contributed by atoms with E-state index in [1.54, 1.807) is 30.4 Å². The van der Waals surface area contributed by atoms with Gasteiger partial charge in [0.1, 0.15) is 17.9 Å². The molecule has 7 heteroatoms. The fourth-order valence-corrected chi connectivity index (χ4v) is 3.94. The largest absolute Gasteiger partial charge is 0.488 e. The predicted molar refractivity (Wildman–Crippen MR) is 129 cm³/mol. The van der Waals surface area contributed by atoms with Gasteiger partial charge in [-0.15, -0.1) is 6.58 Å². The molecule has 1 aliphatic rings. The third-order valence-corrected chi connectivity index (χ3v) is 5.46. The maximum atomic E-state index is 13.1. The Morgan fingerprint density at radius 2 is 1.81 bits per heavy atom. The topological polar surface area (TPSA) is 75.7 Å². The van der Waals surface area contributed by atoms with Crippen LogP contribution in [0.2, 0.25) is 0 Å². The number of barbiturate groups is 1. The van der Waals surface area contributed by atoms with Crippen molar-refractivity contribution < 1.29 is 19.1 Å². The van der Waals surface area contributed by atoms with E-state index in [1.165, 1.54) is 6.08 Å². The number of carbonyl (C=O) groups is 3. The quantitative estimate of drug-likeness (QED) is 0.319. The number of aryl methyl sites for hydroxylation is 1. The van der Waals surface area contributed by atoms with Crippen molar-refractivity contribution >= 4 is 45.5 Å². The molecule has 1 fully saturated rings. The summed E-state index contributed by atoms with van der Waals surface area (Å²) in [6.07, 6.45) is 6.20. The highest BCUT2D eigenvalue weighted by Crippen LogP contribution is 2.33. The summed E-state index contributed by atoms with van der Waals surface area (Å²) in [5.74, 6) is -0.787. The van der Waals surface area contributed by atoms with Crippen LogP contribution in [0, 0.1) is 0 Å². The summed E-state index contributed by atoms with van der Waals surface area (Å²) in [4.78, 5) is 39.0. The monoisotopic (exact) mass is 494 g/mol. The zero-order chi connectivity index (χ0) is 23.3. The fourth-order valence-electron chi connectivity index (χ4n) is 3.31. The second-order valence-electron chi connectivity index (χ2n) is 7.06. The van der Waals surface area contributed by atoms with Crippen LogP contribution in [-0.2, 0) is 22.4 Å². The van der Waals surface area contributed by atoms with E-state index in [4.69, 9.17) is 4.74 Å². The second kappa shape index (κ2) is 10.2. The molecular weight excluding hydrogens is 472 g/mol. The van der Waals surface area contributed by atoms with Crippen molar-refractivity contribution in [3.05, 3.63) is 88.4 Å². The van der Waals surface area contributed by atoms with Crippen LogP contribution in [0.25, 0.3) is 6.08 Å². The van der Waals surface area contributed by atoms with E-state index in [0.29, 0.717) is 34.5 Å². The van der Waals surface area contributed by atoms with Crippen molar-refractivity contribution in [2.75, 3.05) is 11.5 Å². The van der Waals surface area contributed by atoms with Crippen LogP contribution in [0.4, 0.5) is 10.5 Å². The molecule has 1 N–H and O–H groups in total. The van der Waals surface area contributed by atoms with Gasteiger partial charge < -0.3 is 4.74 Å². The highest BCUT2D eigenvalue weighted by molar-refractivity contribution is 9.10. The number of urea groups is 1. The Kier molecular flexibility index (Phi) is 7.43. The number of nitrogens with zero attached hydrogens (tertiary/aromatic N) is 1. The number of carbonyl (C=O) groups excluding carboxylic acids is 3. The van der Waals surface area contributed by atoms with Crippen molar-refractivity contribution in [1.29, 1.82) is 0 Å². The summed E-state index contributed by atoms with van der Waals surface area (Å²) in [5, 5.41) is 2.25. The first kappa shape index (κ1) is 23.2. The van der Waals surface area contributed by atoms with E-state index < -0.39 is 17.8 Å². The molecule has 164 valence electrons. The van der Waals surface area contributed by atoms with E-state index in [-0.39, 0.29) is 5.57 Å². The summed E-state index contributed by atoms with van der Waals surface area (Å²) in [6.45, 7) is 9.77. The molecule has 1 heterocycles. The van der Waals surface area contributed by atoms with Gasteiger partial charge in [0.15, 0.2) is 0 Å². The van der Waals surface area contributed by atoms with Crippen LogP contribution in [0.1, 0.15) is 23.6 Å². The normalized spacial score (nSPS) is 15.0. The van der Waals surface area contributed by atoms with Crippen LogP contribution in [0.5, 0.6) is 5.75 Å². The molecule has 2 aromatic carbocycles. The van der Waals surface area contributed by atoms with Crippen LogP contribution >= 0.6 is 15.9 Å². The molecule has 0 aromatic heterocycles. The average Bonchev–Trinajstić information content (AvgIpc) is 2.76. The Labute approximate surface area is 195 Å². The minimum Gasteiger partial charge on any atom is -0.488 e. The molecule has 0 aliphatic carbocycles. The number of nitrogens with one attached hydrogen (secondary N) is 1. The Balaban J connectivity index is 2.01. The van der Waals surface area contributed by atoms with E-state index in [2.05, 4.69) is 34.4 Å². The van der Waals surface area contributed by atoms with E-state index in [0.717, 1.165) is 22.4 Å². The molecule has 0 atom stereocenters. The van der Waals surface area contributed by atoms with E-state index in [9.17, 15) is 14.4 Å². The number of halogens is 1. The second-order valence-corrected chi connectivity index (χ2v) is 7.92. The highest BCUT2D eigenvalue weighted by Gasteiger charge is 2.36. The maximum Gasteiger partial charge on any atom is 0.335 e.